The van der Waals surface area contributed by atoms with E-state index in [1.807, 2.05) is 60.0 Å². The summed E-state index contributed by atoms with van der Waals surface area (Å²) in [6.07, 6.45) is 2.20. The standard InChI is InChI=1S/C17H16N2O/c1-13-6-8-14(9-7-13)10-15(20)11-19-12-18-16-4-2-3-5-17(16)19/h2-9,12H,10-11H2,1H3. The lowest BCUT2D eigenvalue weighted by molar-refractivity contribution is -0.118. The van der Waals surface area contributed by atoms with E-state index in [9.17, 15) is 4.79 Å². The number of carbonyl (C=O) groups is 1. The van der Waals surface area contributed by atoms with E-state index in [1.54, 1.807) is 6.33 Å². The van der Waals surface area contributed by atoms with Gasteiger partial charge < -0.3 is 4.57 Å². The van der Waals surface area contributed by atoms with Crippen LogP contribution < -0.4 is 0 Å². The number of carbonyl (C=O) groups excluding carboxylic acids is 1. The fourth-order valence-corrected chi connectivity index (χ4v) is 2.32. The van der Waals surface area contributed by atoms with E-state index in [1.165, 1.54) is 5.56 Å². The molecule has 0 amide bonds. The Labute approximate surface area is 117 Å². The van der Waals surface area contributed by atoms with E-state index in [0.717, 1.165) is 16.6 Å². The number of rotatable bonds is 4. The van der Waals surface area contributed by atoms with Crippen LogP contribution in [0.4, 0.5) is 0 Å². The largest absolute Gasteiger partial charge is 0.323 e. The average molecular weight is 264 g/mol. The number of hydrogen-bond donors (Lipinski definition) is 0. The molecule has 0 aliphatic heterocycles. The van der Waals surface area contributed by atoms with E-state index in [4.69, 9.17) is 0 Å². The number of ketones is 1. The normalized spacial score (nSPS) is 10.8. The minimum Gasteiger partial charge on any atom is -0.323 e. The Balaban J connectivity index is 1.74. The van der Waals surface area contributed by atoms with E-state index < -0.39 is 0 Å². The maximum atomic E-state index is 12.2. The number of benzene rings is 2. The maximum Gasteiger partial charge on any atom is 0.156 e. The van der Waals surface area contributed by atoms with Gasteiger partial charge in [-0.05, 0) is 24.6 Å². The Kier molecular flexibility index (Phi) is 3.33. The van der Waals surface area contributed by atoms with Gasteiger partial charge in [0.1, 0.15) is 0 Å². The molecule has 2 aromatic carbocycles. The predicted octanol–water partition coefficient (Wildman–Crippen LogP) is 3.16. The van der Waals surface area contributed by atoms with Crippen molar-refractivity contribution in [1.29, 1.82) is 0 Å². The van der Waals surface area contributed by atoms with Gasteiger partial charge in [0.25, 0.3) is 0 Å². The third kappa shape index (κ3) is 2.62. The number of hydrogen-bond acceptors (Lipinski definition) is 2. The summed E-state index contributed by atoms with van der Waals surface area (Å²) in [7, 11) is 0. The minimum absolute atomic E-state index is 0.192. The molecule has 100 valence electrons. The molecule has 3 rings (SSSR count). The molecule has 0 fully saturated rings. The molecule has 0 spiro atoms. The first-order valence-electron chi connectivity index (χ1n) is 6.69. The third-order valence-electron chi connectivity index (χ3n) is 3.40. The summed E-state index contributed by atoms with van der Waals surface area (Å²) in [4.78, 5) is 16.5. The summed E-state index contributed by atoms with van der Waals surface area (Å²) < 4.78 is 1.91. The predicted molar refractivity (Wildman–Crippen MR) is 79.6 cm³/mol. The highest BCUT2D eigenvalue weighted by Crippen LogP contribution is 2.12. The minimum atomic E-state index is 0.192. The smallest absolute Gasteiger partial charge is 0.156 e. The van der Waals surface area contributed by atoms with E-state index in [0.29, 0.717) is 13.0 Å². The van der Waals surface area contributed by atoms with Crippen molar-refractivity contribution in [3.63, 3.8) is 0 Å². The zero-order valence-electron chi connectivity index (χ0n) is 11.4. The van der Waals surface area contributed by atoms with Gasteiger partial charge >= 0.3 is 0 Å². The summed E-state index contributed by atoms with van der Waals surface area (Å²) in [6, 6.07) is 16.0. The van der Waals surface area contributed by atoms with Gasteiger partial charge in [0.05, 0.1) is 23.9 Å². The lowest BCUT2D eigenvalue weighted by atomic mass is 10.1. The van der Waals surface area contributed by atoms with Gasteiger partial charge in [0.2, 0.25) is 0 Å². The van der Waals surface area contributed by atoms with Crippen LogP contribution in [0.25, 0.3) is 11.0 Å². The second kappa shape index (κ2) is 5.29. The van der Waals surface area contributed by atoms with Crippen LogP contribution >= 0.6 is 0 Å². The van der Waals surface area contributed by atoms with Crippen LogP contribution in [0, 0.1) is 6.92 Å². The average Bonchev–Trinajstić information content (AvgIpc) is 2.85. The van der Waals surface area contributed by atoms with Crippen LogP contribution in [0.3, 0.4) is 0 Å². The van der Waals surface area contributed by atoms with Crippen molar-refractivity contribution in [3.8, 4) is 0 Å². The van der Waals surface area contributed by atoms with Crippen molar-refractivity contribution in [2.75, 3.05) is 0 Å². The van der Waals surface area contributed by atoms with Crippen LogP contribution in [-0.4, -0.2) is 15.3 Å². The number of fused-ring (bicyclic) bond motifs is 1. The van der Waals surface area contributed by atoms with Gasteiger partial charge in [-0.1, -0.05) is 42.0 Å². The van der Waals surface area contributed by atoms with Crippen LogP contribution in [0.15, 0.2) is 54.9 Å². The Hall–Kier alpha value is -2.42. The van der Waals surface area contributed by atoms with E-state index in [2.05, 4.69) is 4.98 Å². The number of Topliss-reactive ketones (excluding diaryl/α,β-unsaturated/α-hetero) is 1. The molecule has 1 aromatic heterocycles. The Bertz CT molecular complexity index is 741. The molecule has 0 aliphatic carbocycles. The first-order valence-corrected chi connectivity index (χ1v) is 6.69. The molecule has 0 saturated heterocycles. The van der Waals surface area contributed by atoms with Gasteiger partial charge in [0, 0.05) is 6.42 Å². The Morgan fingerprint density at radius 3 is 2.65 bits per heavy atom. The fraction of sp³-hybridized carbons (Fsp3) is 0.176. The van der Waals surface area contributed by atoms with Gasteiger partial charge in [-0.15, -0.1) is 0 Å². The molecular weight excluding hydrogens is 248 g/mol. The first kappa shape index (κ1) is 12.6. The second-order valence-electron chi connectivity index (χ2n) is 5.06. The molecule has 0 atom stereocenters. The molecule has 0 radical (unpaired) electrons. The molecule has 20 heavy (non-hydrogen) atoms. The molecule has 0 unspecified atom stereocenters. The quantitative estimate of drug-likeness (QED) is 0.725. The molecule has 3 heteroatoms. The fourth-order valence-electron chi connectivity index (χ4n) is 2.32. The van der Waals surface area contributed by atoms with Crippen molar-refractivity contribution in [1.82, 2.24) is 9.55 Å². The Morgan fingerprint density at radius 1 is 1.10 bits per heavy atom. The molecule has 0 saturated carbocycles. The van der Waals surface area contributed by atoms with Gasteiger partial charge in [0.15, 0.2) is 5.78 Å². The molecular formula is C17H16N2O. The van der Waals surface area contributed by atoms with Crippen molar-refractivity contribution in [2.24, 2.45) is 0 Å². The lowest BCUT2D eigenvalue weighted by Crippen LogP contribution is -2.11. The maximum absolute atomic E-state index is 12.2. The van der Waals surface area contributed by atoms with Crippen LogP contribution in [0.1, 0.15) is 11.1 Å². The van der Waals surface area contributed by atoms with Crippen molar-refractivity contribution in [2.45, 2.75) is 19.9 Å². The molecule has 3 nitrogen and oxygen atoms in total. The monoisotopic (exact) mass is 264 g/mol. The van der Waals surface area contributed by atoms with Gasteiger partial charge in [-0.3, -0.25) is 4.79 Å². The summed E-state index contributed by atoms with van der Waals surface area (Å²) in [5.41, 5.74) is 4.20. The Morgan fingerprint density at radius 2 is 1.85 bits per heavy atom. The number of aromatic nitrogens is 2. The van der Waals surface area contributed by atoms with Crippen LogP contribution in [-0.2, 0) is 17.8 Å². The van der Waals surface area contributed by atoms with Crippen molar-refractivity contribution < 1.29 is 4.79 Å². The number of imidazole rings is 1. The summed E-state index contributed by atoms with van der Waals surface area (Å²) >= 11 is 0. The van der Waals surface area contributed by atoms with Gasteiger partial charge in [-0.2, -0.15) is 0 Å². The lowest BCUT2D eigenvalue weighted by Gasteiger charge is -2.04. The first-order chi connectivity index (χ1) is 9.72. The molecule has 0 bridgehead atoms. The third-order valence-corrected chi connectivity index (χ3v) is 3.40. The zero-order valence-corrected chi connectivity index (χ0v) is 11.4. The highest BCUT2D eigenvalue weighted by Gasteiger charge is 2.07. The van der Waals surface area contributed by atoms with Crippen LogP contribution in [0.2, 0.25) is 0 Å². The highest BCUT2D eigenvalue weighted by molar-refractivity contribution is 5.83. The number of para-hydroxylation sites is 2. The number of aryl methyl sites for hydroxylation is 1. The summed E-state index contributed by atoms with van der Waals surface area (Å²) in [6.45, 7) is 2.41. The summed E-state index contributed by atoms with van der Waals surface area (Å²) in [5.74, 6) is 0.192. The highest BCUT2D eigenvalue weighted by atomic mass is 16.1. The summed E-state index contributed by atoms with van der Waals surface area (Å²) in [5, 5.41) is 0. The molecule has 3 aromatic rings. The molecule has 1 heterocycles. The topological polar surface area (TPSA) is 34.9 Å². The van der Waals surface area contributed by atoms with Crippen molar-refractivity contribution in [3.05, 3.63) is 66.0 Å². The second-order valence-corrected chi connectivity index (χ2v) is 5.06. The zero-order chi connectivity index (χ0) is 13.9. The van der Waals surface area contributed by atoms with Gasteiger partial charge in [-0.25, -0.2) is 4.98 Å². The van der Waals surface area contributed by atoms with E-state index >= 15 is 0 Å². The SMILES string of the molecule is Cc1ccc(CC(=O)Cn2cnc3ccccc32)cc1. The van der Waals surface area contributed by atoms with Crippen LogP contribution in [0.5, 0.6) is 0 Å². The molecule has 0 N–H and O–H groups in total. The molecule has 0 aliphatic rings. The number of nitrogens with zero attached hydrogens (tertiary/aromatic N) is 2. The van der Waals surface area contributed by atoms with E-state index in [-0.39, 0.29) is 5.78 Å². The van der Waals surface area contributed by atoms with Crippen molar-refractivity contribution >= 4 is 16.8 Å².